The lowest BCUT2D eigenvalue weighted by Gasteiger charge is -2.29. The molecule has 1 atom stereocenters. The van der Waals surface area contributed by atoms with Crippen LogP contribution in [0, 0.1) is 0 Å². The van der Waals surface area contributed by atoms with Gasteiger partial charge >= 0.3 is 5.97 Å². The molecule has 0 spiro atoms. The Morgan fingerprint density at radius 2 is 1.91 bits per heavy atom. The number of benzene rings is 2. The summed E-state index contributed by atoms with van der Waals surface area (Å²) in [6.45, 7) is 1.07. The molecule has 2 N–H and O–H groups in total. The molecule has 0 aliphatic rings. The topological polar surface area (TPSA) is 84.3 Å². The average molecular weight is 458 g/mol. The van der Waals surface area contributed by atoms with Gasteiger partial charge in [0.2, 0.25) is 11.8 Å². The molecular weight excluding hydrogens is 428 g/mol. The van der Waals surface area contributed by atoms with Gasteiger partial charge in [0.25, 0.3) is 0 Å². The molecule has 0 saturated carbocycles. The summed E-state index contributed by atoms with van der Waals surface area (Å²) in [5, 5.41) is 15.1. The molecule has 0 amide bonds. The van der Waals surface area contributed by atoms with Crippen LogP contribution in [0.25, 0.3) is 10.8 Å². The predicted octanol–water partition coefficient (Wildman–Crippen LogP) is 4.26. The first-order chi connectivity index (χ1) is 15.2. The zero-order valence-electron chi connectivity index (χ0n) is 18.7. The van der Waals surface area contributed by atoms with Crippen LogP contribution in [0.4, 0.5) is 5.95 Å². The van der Waals surface area contributed by atoms with Crippen molar-refractivity contribution < 1.29 is 19.1 Å². The fourth-order valence-electron chi connectivity index (χ4n) is 3.70. The van der Waals surface area contributed by atoms with Crippen LogP contribution in [-0.2, 0) is 11.2 Å². The number of rotatable bonds is 11. The SMILES string of the molecule is C[N+](C)(C)CC(CC(=O)O)Nc1nc(Cl)cc(OCCCc2cccc3ccccc23)n1. The number of hydrogen-bond donors (Lipinski definition) is 2. The second kappa shape index (κ2) is 10.6. The van der Waals surface area contributed by atoms with Gasteiger partial charge in [-0.05, 0) is 29.2 Å². The number of halogens is 1. The van der Waals surface area contributed by atoms with Crippen LogP contribution in [0.2, 0.25) is 5.15 Å². The maximum Gasteiger partial charge on any atom is 0.305 e. The molecule has 7 nitrogen and oxygen atoms in total. The molecule has 8 heteroatoms. The number of aliphatic carboxylic acids is 1. The number of ether oxygens (including phenoxy) is 1. The van der Waals surface area contributed by atoms with Crippen LogP contribution >= 0.6 is 11.6 Å². The first-order valence-electron chi connectivity index (χ1n) is 10.6. The highest BCUT2D eigenvalue weighted by Gasteiger charge is 2.22. The molecule has 170 valence electrons. The lowest BCUT2D eigenvalue weighted by molar-refractivity contribution is -0.870. The fourth-order valence-corrected chi connectivity index (χ4v) is 3.87. The minimum atomic E-state index is -0.886. The molecule has 0 fully saturated rings. The van der Waals surface area contributed by atoms with Gasteiger partial charge in [-0.25, -0.2) is 4.98 Å². The average Bonchev–Trinajstić information content (AvgIpc) is 2.69. The monoisotopic (exact) mass is 457 g/mol. The van der Waals surface area contributed by atoms with Gasteiger partial charge in [-0.1, -0.05) is 54.1 Å². The normalized spacial score (nSPS) is 12.5. The van der Waals surface area contributed by atoms with Crippen molar-refractivity contribution in [3.8, 4) is 5.88 Å². The zero-order chi connectivity index (χ0) is 23.1. The van der Waals surface area contributed by atoms with Gasteiger partial charge in [-0.2, -0.15) is 4.98 Å². The number of nitrogens with zero attached hydrogens (tertiary/aromatic N) is 3. The van der Waals surface area contributed by atoms with E-state index in [4.69, 9.17) is 16.3 Å². The van der Waals surface area contributed by atoms with Crippen LogP contribution in [0.15, 0.2) is 48.5 Å². The van der Waals surface area contributed by atoms with E-state index < -0.39 is 5.97 Å². The van der Waals surface area contributed by atoms with E-state index in [1.54, 1.807) is 6.07 Å². The third-order valence-corrected chi connectivity index (χ3v) is 5.11. The van der Waals surface area contributed by atoms with Crippen molar-refractivity contribution in [2.24, 2.45) is 0 Å². The second-order valence-corrected chi connectivity index (χ2v) is 9.24. The Bertz CT molecular complexity index is 1060. The summed E-state index contributed by atoms with van der Waals surface area (Å²) in [5.41, 5.74) is 1.28. The third kappa shape index (κ3) is 7.35. The molecular formula is C24H30ClN4O3+. The summed E-state index contributed by atoms with van der Waals surface area (Å²) in [5.74, 6) is -0.256. The molecule has 0 radical (unpaired) electrons. The number of nitrogens with one attached hydrogen (secondary N) is 1. The maximum atomic E-state index is 11.3. The van der Waals surface area contributed by atoms with Crippen molar-refractivity contribution in [3.63, 3.8) is 0 Å². The highest BCUT2D eigenvalue weighted by molar-refractivity contribution is 6.29. The van der Waals surface area contributed by atoms with E-state index in [-0.39, 0.29) is 23.6 Å². The number of quaternary nitrogens is 1. The van der Waals surface area contributed by atoms with Crippen LogP contribution < -0.4 is 10.1 Å². The van der Waals surface area contributed by atoms with Gasteiger partial charge in [-0.3, -0.25) is 4.79 Å². The number of aromatic nitrogens is 2. The van der Waals surface area contributed by atoms with Gasteiger partial charge in [0.1, 0.15) is 5.15 Å². The van der Waals surface area contributed by atoms with Gasteiger partial charge in [0.05, 0.1) is 46.8 Å². The van der Waals surface area contributed by atoms with Crippen molar-refractivity contribution in [2.75, 3.05) is 39.6 Å². The van der Waals surface area contributed by atoms with Crippen molar-refractivity contribution in [1.29, 1.82) is 0 Å². The number of carboxylic acid groups (broad SMARTS) is 1. The number of carboxylic acids is 1. The van der Waals surface area contributed by atoms with Crippen LogP contribution in [0.5, 0.6) is 5.88 Å². The van der Waals surface area contributed by atoms with Crippen molar-refractivity contribution in [3.05, 3.63) is 59.2 Å². The lowest BCUT2D eigenvalue weighted by atomic mass is 10.0. The number of fused-ring (bicyclic) bond motifs is 1. The Balaban J connectivity index is 1.60. The van der Waals surface area contributed by atoms with Crippen molar-refractivity contribution in [2.45, 2.75) is 25.3 Å². The second-order valence-electron chi connectivity index (χ2n) is 8.85. The Hall–Kier alpha value is -2.90. The molecule has 3 rings (SSSR count). The maximum absolute atomic E-state index is 11.3. The predicted molar refractivity (Wildman–Crippen MR) is 127 cm³/mol. The number of carbonyl (C=O) groups is 1. The first kappa shape index (κ1) is 23.8. The third-order valence-electron chi connectivity index (χ3n) is 4.91. The van der Waals surface area contributed by atoms with E-state index in [0.717, 1.165) is 12.8 Å². The Morgan fingerprint density at radius 3 is 2.66 bits per heavy atom. The highest BCUT2D eigenvalue weighted by Crippen LogP contribution is 2.21. The van der Waals surface area contributed by atoms with Crippen LogP contribution in [0.1, 0.15) is 18.4 Å². The molecule has 2 aromatic carbocycles. The highest BCUT2D eigenvalue weighted by atomic mass is 35.5. The number of anilines is 1. The van der Waals surface area contributed by atoms with Gasteiger partial charge in [-0.15, -0.1) is 0 Å². The van der Waals surface area contributed by atoms with Gasteiger partial charge in [0, 0.05) is 6.07 Å². The quantitative estimate of drug-likeness (QED) is 0.254. The van der Waals surface area contributed by atoms with Crippen LogP contribution in [-0.4, -0.2) is 65.9 Å². The van der Waals surface area contributed by atoms with Crippen molar-refractivity contribution in [1.82, 2.24) is 9.97 Å². The fraction of sp³-hybridized carbons (Fsp3) is 0.375. The number of aryl methyl sites for hydroxylation is 1. The number of likely N-dealkylation sites (N-methyl/N-ethyl adjacent to an activating group) is 1. The van der Waals surface area contributed by atoms with Crippen molar-refractivity contribution >= 4 is 34.3 Å². The van der Waals surface area contributed by atoms with Crippen LogP contribution in [0.3, 0.4) is 0 Å². The van der Waals surface area contributed by atoms with E-state index in [2.05, 4.69) is 51.7 Å². The standard InChI is InChI=1S/C24H29ClN4O3/c1-29(2,3)16-19(14-23(30)31)26-24-27-21(25)15-22(28-24)32-13-7-11-18-10-6-9-17-8-4-5-12-20(17)18/h4-6,8-10,12,15,19H,7,11,13-14,16H2,1-3H3,(H-,26,27,28,30,31)/p+1. The zero-order valence-corrected chi connectivity index (χ0v) is 19.5. The summed E-state index contributed by atoms with van der Waals surface area (Å²) < 4.78 is 6.43. The number of hydrogen-bond acceptors (Lipinski definition) is 5. The summed E-state index contributed by atoms with van der Waals surface area (Å²) in [6, 6.07) is 15.9. The largest absolute Gasteiger partial charge is 0.481 e. The van der Waals surface area contributed by atoms with Gasteiger partial charge < -0.3 is 19.6 Å². The van der Waals surface area contributed by atoms with E-state index in [1.165, 1.54) is 16.3 Å². The summed E-state index contributed by atoms with van der Waals surface area (Å²) in [4.78, 5) is 19.8. The van der Waals surface area contributed by atoms with E-state index in [0.29, 0.717) is 23.5 Å². The molecule has 1 unspecified atom stereocenters. The van der Waals surface area contributed by atoms with E-state index in [9.17, 15) is 9.90 Å². The van der Waals surface area contributed by atoms with E-state index >= 15 is 0 Å². The Morgan fingerprint density at radius 1 is 1.16 bits per heavy atom. The molecule has 0 aliphatic heterocycles. The Kier molecular flexibility index (Phi) is 7.88. The molecule has 1 heterocycles. The smallest absolute Gasteiger partial charge is 0.305 e. The lowest BCUT2D eigenvalue weighted by Crippen LogP contribution is -2.45. The molecule has 1 aromatic heterocycles. The minimum Gasteiger partial charge on any atom is -0.481 e. The summed E-state index contributed by atoms with van der Waals surface area (Å²) >= 11 is 6.15. The van der Waals surface area contributed by atoms with E-state index in [1.807, 2.05) is 27.2 Å². The van der Waals surface area contributed by atoms with Gasteiger partial charge in [0.15, 0.2) is 0 Å². The molecule has 0 aliphatic carbocycles. The molecule has 32 heavy (non-hydrogen) atoms. The molecule has 0 saturated heterocycles. The first-order valence-corrected chi connectivity index (χ1v) is 11.0. The Labute approximate surface area is 193 Å². The minimum absolute atomic E-state index is 0.0490. The molecule has 3 aromatic rings. The molecule has 0 bridgehead atoms. The summed E-state index contributed by atoms with van der Waals surface area (Å²) in [7, 11) is 6.00. The summed E-state index contributed by atoms with van der Waals surface area (Å²) in [6.07, 6.45) is 1.66.